The van der Waals surface area contributed by atoms with E-state index in [4.69, 9.17) is 0 Å². The Morgan fingerprint density at radius 3 is 2.60 bits per heavy atom. The normalized spacial score (nSPS) is 13.1. The van der Waals surface area contributed by atoms with Gasteiger partial charge in [-0.3, -0.25) is 29.6 Å². The van der Waals surface area contributed by atoms with Crippen LogP contribution in [0.5, 0.6) is 0 Å². The number of carbonyl (C=O) groups is 2. The van der Waals surface area contributed by atoms with Gasteiger partial charge in [0.25, 0.3) is 11.6 Å². The number of nitrogens with zero attached hydrogens (tertiary/aromatic N) is 4. The molecule has 0 aliphatic heterocycles. The number of imide groups is 1. The highest BCUT2D eigenvalue weighted by atomic mass is 32.2. The summed E-state index contributed by atoms with van der Waals surface area (Å²) in [6.07, 6.45) is 2.13. The molecule has 0 bridgehead atoms. The third-order valence-electron chi connectivity index (χ3n) is 4.52. The third kappa shape index (κ3) is 4.38. The number of hydrogen-bond acceptors (Lipinski definition) is 7. The molecule has 1 N–H and O–H groups in total. The molecule has 0 radical (unpaired) electrons. The summed E-state index contributed by atoms with van der Waals surface area (Å²) in [5, 5.41) is 22.2. The Morgan fingerprint density at radius 1 is 1.13 bits per heavy atom. The Balaban J connectivity index is 1.44. The molecule has 1 saturated carbocycles. The average Bonchev–Trinajstić information content (AvgIpc) is 3.52. The molecule has 9 nitrogen and oxygen atoms in total. The molecule has 1 fully saturated rings. The van der Waals surface area contributed by atoms with E-state index < -0.39 is 16.7 Å². The predicted octanol–water partition coefficient (Wildman–Crippen LogP) is 3.10. The van der Waals surface area contributed by atoms with E-state index in [1.807, 2.05) is 34.9 Å². The van der Waals surface area contributed by atoms with E-state index in [1.54, 1.807) is 0 Å². The maximum absolute atomic E-state index is 12.3. The van der Waals surface area contributed by atoms with E-state index in [0.29, 0.717) is 11.1 Å². The molecule has 1 heterocycles. The van der Waals surface area contributed by atoms with Gasteiger partial charge in [-0.15, -0.1) is 10.2 Å². The summed E-state index contributed by atoms with van der Waals surface area (Å²) in [6.45, 7) is 0. The monoisotopic (exact) mass is 423 g/mol. The molecular formula is C20H17N5O4S. The highest BCUT2D eigenvalue weighted by molar-refractivity contribution is 7.99. The molecule has 0 atom stereocenters. The molecule has 4 rings (SSSR count). The third-order valence-corrected chi connectivity index (χ3v) is 5.45. The number of rotatable bonds is 7. The molecule has 1 aliphatic carbocycles. The van der Waals surface area contributed by atoms with Gasteiger partial charge in [0.2, 0.25) is 5.91 Å². The second-order valence-electron chi connectivity index (χ2n) is 6.76. The van der Waals surface area contributed by atoms with Crippen molar-refractivity contribution < 1.29 is 14.5 Å². The van der Waals surface area contributed by atoms with E-state index >= 15 is 0 Å². The van der Waals surface area contributed by atoms with Crippen LogP contribution in [-0.2, 0) is 4.79 Å². The molecule has 0 spiro atoms. The highest BCUT2D eigenvalue weighted by Gasteiger charge is 2.31. The number of hydrogen-bond donors (Lipinski definition) is 1. The summed E-state index contributed by atoms with van der Waals surface area (Å²) in [4.78, 5) is 34.8. The SMILES string of the molecule is O=C(CSc1nnc(C2CC2)n1-c1ccccc1)NC(=O)c1cccc([N+](=O)[O-])c1. The Kier molecular flexibility index (Phi) is 5.57. The zero-order chi connectivity index (χ0) is 21.1. The van der Waals surface area contributed by atoms with Crippen molar-refractivity contribution in [1.82, 2.24) is 20.1 Å². The zero-order valence-electron chi connectivity index (χ0n) is 15.7. The van der Waals surface area contributed by atoms with Gasteiger partial charge in [0.1, 0.15) is 5.82 Å². The van der Waals surface area contributed by atoms with E-state index in [0.717, 1.165) is 30.4 Å². The van der Waals surface area contributed by atoms with Gasteiger partial charge in [-0.1, -0.05) is 36.0 Å². The quantitative estimate of drug-likeness (QED) is 0.352. The van der Waals surface area contributed by atoms with Gasteiger partial charge < -0.3 is 0 Å². The van der Waals surface area contributed by atoms with Crippen LogP contribution in [0.25, 0.3) is 5.69 Å². The highest BCUT2D eigenvalue weighted by Crippen LogP contribution is 2.41. The molecule has 3 aromatic rings. The smallest absolute Gasteiger partial charge is 0.270 e. The first-order valence-electron chi connectivity index (χ1n) is 9.25. The van der Waals surface area contributed by atoms with Crippen LogP contribution >= 0.6 is 11.8 Å². The van der Waals surface area contributed by atoms with Crippen molar-refractivity contribution in [3.63, 3.8) is 0 Å². The lowest BCUT2D eigenvalue weighted by Gasteiger charge is -2.09. The van der Waals surface area contributed by atoms with Crippen molar-refractivity contribution >= 4 is 29.3 Å². The summed E-state index contributed by atoms with van der Waals surface area (Å²) in [6, 6.07) is 14.9. The molecule has 1 aromatic heterocycles. The summed E-state index contributed by atoms with van der Waals surface area (Å²) < 4.78 is 1.94. The number of benzene rings is 2. The lowest BCUT2D eigenvalue weighted by atomic mass is 10.2. The van der Waals surface area contributed by atoms with Gasteiger partial charge in [-0.05, 0) is 31.0 Å². The lowest BCUT2D eigenvalue weighted by Crippen LogP contribution is -2.31. The van der Waals surface area contributed by atoms with Crippen molar-refractivity contribution in [3.05, 3.63) is 76.1 Å². The largest absolute Gasteiger partial charge is 0.292 e. The minimum absolute atomic E-state index is 0.0453. The molecule has 10 heteroatoms. The lowest BCUT2D eigenvalue weighted by molar-refractivity contribution is -0.384. The van der Waals surface area contributed by atoms with Crippen LogP contribution in [0.1, 0.15) is 34.9 Å². The number of carbonyl (C=O) groups excluding carboxylic acids is 2. The number of aromatic nitrogens is 3. The maximum atomic E-state index is 12.3. The molecular weight excluding hydrogens is 406 g/mol. The Morgan fingerprint density at radius 2 is 1.90 bits per heavy atom. The first-order valence-corrected chi connectivity index (χ1v) is 10.2. The minimum Gasteiger partial charge on any atom is -0.292 e. The second-order valence-corrected chi connectivity index (χ2v) is 7.70. The van der Waals surface area contributed by atoms with Gasteiger partial charge >= 0.3 is 0 Å². The minimum atomic E-state index is -0.688. The standard InChI is InChI=1S/C20H17N5O4S/c26-17(21-19(27)14-5-4-8-16(11-14)25(28)29)12-30-20-23-22-18(13-9-10-13)24(20)15-6-2-1-3-7-15/h1-8,11,13H,9-10,12H2,(H,21,26,27). The molecule has 2 amide bonds. The van der Waals surface area contributed by atoms with Crippen LogP contribution in [-0.4, -0.2) is 37.3 Å². The first kappa shape index (κ1) is 19.8. The first-order chi connectivity index (χ1) is 14.5. The summed E-state index contributed by atoms with van der Waals surface area (Å²) in [5.41, 5.74) is 0.749. The Labute approximate surface area is 175 Å². The van der Waals surface area contributed by atoms with Crippen LogP contribution in [0.3, 0.4) is 0 Å². The van der Waals surface area contributed by atoms with Crippen molar-refractivity contribution in [1.29, 1.82) is 0 Å². The zero-order valence-corrected chi connectivity index (χ0v) is 16.5. The van der Waals surface area contributed by atoms with Crippen LogP contribution in [0.4, 0.5) is 5.69 Å². The van der Waals surface area contributed by atoms with Gasteiger partial charge in [0.05, 0.1) is 10.7 Å². The van der Waals surface area contributed by atoms with Crippen LogP contribution < -0.4 is 5.32 Å². The van der Waals surface area contributed by atoms with Crippen LogP contribution in [0.15, 0.2) is 59.8 Å². The van der Waals surface area contributed by atoms with Gasteiger partial charge in [0.15, 0.2) is 5.16 Å². The van der Waals surface area contributed by atoms with E-state index in [1.165, 1.54) is 30.0 Å². The number of thioether (sulfide) groups is 1. The Bertz CT molecular complexity index is 1110. The van der Waals surface area contributed by atoms with E-state index in [-0.39, 0.29) is 17.0 Å². The molecule has 152 valence electrons. The predicted molar refractivity (Wildman–Crippen MR) is 110 cm³/mol. The molecule has 30 heavy (non-hydrogen) atoms. The summed E-state index contributed by atoms with van der Waals surface area (Å²) >= 11 is 1.18. The number of nitro benzene ring substituents is 1. The summed E-state index contributed by atoms with van der Waals surface area (Å²) in [5.74, 6) is -0.0104. The summed E-state index contributed by atoms with van der Waals surface area (Å²) in [7, 11) is 0. The van der Waals surface area contributed by atoms with E-state index in [2.05, 4.69) is 15.5 Å². The van der Waals surface area contributed by atoms with Crippen molar-refractivity contribution in [2.24, 2.45) is 0 Å². The molecule has 2 aromatic carbocycles. The Hall–Kier alpha value is -3.53. The van der Waals surface area contributed by atoms with Crippen LogP contribution in [0.2, 0.25) is 0 Å². The molecule has 0 saturated heterocycles. The average molecular weight is 423 g/mol. The van der Waals surface area contributed by atoms with Crippen LogP contribution in [0, 0.1) is 10.1 Å². The number of nitrogens with one attached hydrogen (secondary N) is 1. The van der Waals surface area contributed by atoms with Gasteiger partial charge in [-0.2, -0.15) is 0 Å². The number of non-ortho nitro benzene ring substituents is 1. The van der Waals surface area contributed by atoms with Gasteiger partial charge in [0, 0.05) is 29.3 Å². The number of nitro groups is 1. The number of para-hydroxylation sites is 1. The molecule has 0 unspecified atom stereocenters. The van der Waals surface area contributed by atoms with Crippen molar-refractivity contribution in [3.8, 4) is 5.69 Å². The maximum Gasteiger partial charge on any atom is 0.270 e. The fraction of sp³-hybridized carbons (Fsp3) is 0.200. The van der Waals surface area contributed by atoms with Crippen molar-refractivity contribution in [2.75, 3.05) is 5.75 Å². The van der Waals surface area contributed by atoms with Gasteiger partial charge in [-0.25, -0.2) is 0 Å². The fourth-order valence-corrected chi connectivity index (χ4v) is 3.69. The van der Waals surface area contributed by atoms with E-state index in [9.17, 15) is 19.7 Å². The fourth-order valence-electron chi connectivity index (χ4n) is 2.93. The topological polar surface area (TPSA) is 120 Å². The second kappa shape index (κ2) is 8.46. The number of amides is 2. The molecule has 1 aliphatic rings. The van der Waals surface area contributed by atoms with Crippen molar-refractivity contribution in [2.45, 2.75) is 23.9 Å².